The Morgan fingerprint density at radius 2 is 1.80 bits per heavy atom. The number of hydrogen-bond acceptors (Lipinski definition) is 7. The summed E-state index contributed by atoms with van der Waals surface area (Å²) in [7, 11) is 1.64. The molecule has 1 fully saturated rings. The van der Waals surface area contributed by atoms with E-state index in [0.29, 0.717) is 29.7 Å². The van der Waals surface area contributed by atoms with Gasteiger partial charge in [0.05, 0.1) is 18.4 Å². The summed E-state index contributed by atoms with van der Waals surface area (Å²) in [6.07, 6.45) is 1.50. The number of nitrogens with one attached hydrogen (secondary N) is 2. The number of benzene rings is 2. The number of nitrogens with two attached hydrogens (primary N) is 1. The van der Waals surface area contributed by atoms with E-state index in [1.54, 1.807) is 13.2 Å². The maximum absolute atomic E-state index is 12.0. The van der Waals surface area contributed by atoms with Gasteiger partial charge in [0, 0.05) is 68.0 Å². The van der Waals surface area contributed by atoms with Crippen molar-refractivity contribution in [1.82, 2.24) is 9.88 Å². The van der Waals surface area contributed by atoms with Crippen LogP contribution in [0.15, 0.2) is 60.8 Å². The number of pyridine rings is 1. The largest absolute Gasteiger partial charge is 0.496 e. The highest BCUT2D eigenvalue weighted by Gasteiger charge is 2.19. The number of carbonyl (C=O) groups excluding carboxylic acids is 1. The van der Waals surface area contributed by atoms with E-state index in [-0.39, 0.29) is 0 Å². The molecule has 0 spiro atoms. The van der Waals surface area contributed by atoms with Gasteiger partial charge in [0.1, 0.15) is 11.6 Å². The molecule has 0 unspecified atom stereocenters. The van der Waals surface area contributed by atoms with Crippen molar-refractivity contribution in [2.24, 2.45) is 5.73 Å². The van der Waals surface area contributed by atoms with Crippen LogP contribution in [0.25, 0.3) is 0 Å². The molecule has 0 radical (unpaired) electrons. The van der Waals surface area contributed by atoms with Crippen LogP contribution < -0.4 is 26.0 Å². The van der Waals surface area contributed by atoms with Crippen molar-refractivity contribution >= 4 is 28.8 Å². The summed E-state index contributed by atoms with van der Waals surface area (Å²) in [4.78, 5) is 21.3. The molecule has 0 saturated carbocycles. The first-order valence-corrected chi connectivity index (χ1v) is 12.0. The normalized spacial score (nSPS) is 14.1. The van der Waals surface area contributed by atoms with E-state index in [0.717, 1.165) is 43.2 Å². The Bertz CT molecular complexity index is 1140. The van der Waals surface area contributed by atoms with Gasteiger partial charge in [-0.25, -0.2) is 4.98 Å². The first kappa shape index (κ1) is 24.3. The summed E-state index contributed by atoms with van der Waals surface area (Å²) in [5.74, 6) is 0.864. The molecular weight excluding hydrogens is 440 g/mol. The standard InChI is InChI=1S/C27H34N6O2/c1-19(2)32-12-14-33(15-13-32)22-10-8-21(9-11-22)31-26-16-24(23(18-30-26)27(28)34)29-17-20-6-4-5-7-25(20)35-3/h4-11,16,18-19H,12-15,17H2,1-3H3,(H2,28,34)(H2,29,30,31). The molecule has 0 bridgehead atoms. The molecule has 4 rings (SSSR count). The van der Waals surface area contributed by atoms with Crippen LogP contribution in [0.3, 0.4) is 0 Å². The van der Waals surface area contributed by atoms with Crippen molar-refractivity contribution in [3.05, 3.63) is 71.9 Å². The molecule has 8 nitrogen and oxygen atoms in total. The zero-order chi connectivity index (χ0) is 24.8. The lowest BCUT2D eigenvalue weighted by atomic mass is 10.1. The Morgan fingerprint density at radius 1 is 1.09 bits per heavy atom. The van der Waals surface area contributed by atoms with Gasteiger partial charge < -0.3 is 26.0 Å². The van der Waals surface area contributed by atoms with Crippen LogP contribution in [0.5, 0.6) is 5.75 Å². The predicted molar refractivity (Wildman–Crippen MR) is 142 cm³/mol. The van der Waals surface area contributed by atoms with Crippen molar-refractivity contribution in [3.8, 4) is 5.75 Å². The highest BCUT2D eigenvalue weighted by Crippen LogP contribution is 2.26. The van der Waals surface area contributed by atoms with E-state index in [9.17, 15) is 4.79 Å². The first-order valence-electron chi connectivity index (χ1n) is 12.0. The minimum Gasteiger partial charge on any atom is -0.496 e. The second kappa shape index (κ2) is 11.1. The highest BCUT2D eigenvalue weighted by molar-refractivity contribution is 5.98. The fourth-order valence-electron chi connectivity index (χ4n) is 4.31. The van der Waals surface area contributed by atoms with E-state index < -0.39 is 5.91 Å². The van der Waals surface area contributed by atoms with Crippen LogP contribution >= 0.6 is 0 Å². The number of primary amides is 1. The molecule has 2 heterocycles. The average Bonchev–Trinajstić information content (AvgIpc) is 2.88. The fraction of sp³-hybridized carbons (Fsp3) is 0.333. The maximum atomic E-state index is 12.0. The molecule has 3 aromatic rings. The van der Waals surface area contributed by atoms with Crippen molar-refractivity contribution in [2.45, 2.75) is 26.4 Å². The molecule has 4 N–H and O–H groups in total. The van der Waals surface area contributed by atoms with Gasteiger partial charge in [0.25, 0.3) is 5.91 Å². The zero-order valence-corrected chi connectivity index (χ0v) is 20.6. The molecule has 0 atom stereocenters. The van der Waals surface area contributed by atoms with E-state index >= 15 is 0 Å². The van der Waals surface area contributed by atoms with Crippen LogP contribution in [0.4, 0.5) is 22.9 Å². The van der Waals surface area contributed by atoms with Crippen molar-refractivity contribution in [3.63, 3.8) is 0 Å². The molecule has 1 aliphatic heterocycles. The number of piperazine rings is 1. The quantitative estimate of drug-likeness (QED) is 0.430. The number of methoxy groups -OCH3 is 1. The Hall–Kier alpha value is -3.78. The third kappa shape index (κ3) is 6.02. The van der Waals surface area contributed by atoms with Crippen LogP contribution in [-0.2, 0) is 6.54 Å². The van der Waals surface area contributed by atoms with Gasteiger partial charge in [-0.3, -0.25) is 9.69 Å². The summed E-state index contributed by atoms with van der Waals surface area (Å²) in [5, 5.41) is 6.63. The number of para-hydroxylation sites is 1. The summed E-state index contributed by atoms with van der Waals surface area (Å²) in [6, 6.07) is 18.5. The highest BCUT2D eigenvalue weighted by atomic mass is 16.5. The Labute approximate surface area is 207 Å². The minimum absolute atomic E-state index is 0.335. The van der Waals surface area contributed by atoms with Crippen LogP contribution in [0.2, 0.25) is 0 Å². The van der Waals surface area contributed by atoms with Crippen LogP contribution in [0, 0.1) is 0 Å². The molecule has 1 aromatic heterocycles. The zero-order valence-electron chi connectivity index (χ0n) is 20.6. The SMILES string of the molecule is COc1ccccc1CNc1cc(Nc2ccc(N3CCN(C(C)C)CC3)cc2)ncc1C(N)=O. The smallest absolute Gasteiger partial charge is 0.252 e. The number of carbonyl (C=O) groups is 1. The summed E-state index contributed by atoms with van der Waals surface area (Å²) < 4.78 is 5.42. The van der Waals surface area contributed by atoms with Gasteiger partial charge in [-0.15, -0.1) is 0 Å². The van der Waals surface area contributed by atoms with Gasteiger partial charge in [0.15, 0.2) is 0 Å². The fourth-order valence-corrected chi connectivity index (χ4v) is 4.31. The lowest BCUT2D eigenvalue weighted by Gasteiger charge is -2.38. The van der Waals surface area contributed by atoms with E-state index in [1.165, 1.54) is 11.9 Å². The van der Waals surface area contributed by atoms with Gasteiger partial charge >= 0.3 is 0 Å². The Kier molecular flexibility index (Phi) is 7.72. The number of aromatic nitrogens is 1. The lowest BCUT2D eigenvalue weighted by molar-refractivity contribution is 0.100. The summed E-state index contributed by atoms with van der Waals surface area (Å²) in [5.41, 5.74) is 9.64. The first-order chi connectivity index (χ1) is 16.9. The third-order valence-corrected chi connectivity index (χ3v) is 6.38. The number of anilines is 4. The monoisotopic (exact) mass is 474 g/mol. The number of amides is 1. The minimum atomic E-state index is -0.534. The molecule has 2 aromatic carbocycles. The molecular formula is C27H34N6O2. The topological polar surface area (TPSA) is 95.8 Å². The number of ether oxygens (including phenoxy) is 1. The summed E-state index contributed by atoms with van der Waals surface area (Å²) in [6.45, 7) is 9.20. The van der Waals surface area contributed by atoms with E-state index in [4.69, 9.17) is 10.5 Å². The van der Waals surface area contributed by atoms with Gasteiger partial charge in [-0.05, 0) is 44.2 Å². The van der Waals surface area contributed by atoms with Crippen molar-refractivity contribution in [1.29, 1.82) is 0 Å². The molecule has 8 heteroatoms. The third-order valence-electron chi connectivity index (χ3n) is 6.38. The van der Waals surface area contributed by atoms with Gasteiger partial charge in [-0.2, -0.15) is 0 Å². The molecule has 1 saturated heterocycles. The van der Waals surface area contributed by atoms with Crippen molar-refractivity contribution in [2.75, 3.05) is 48.8 Å². The van der Waals surface area contributed by atoms with Crippen LogP contribution in [-0.4, -0.2) is 55.1 Å². The van der Waals surface area contributed by atoms with E-state index in [2.05, 4.69) is 63.5 Å². The number of rotatable bonds is 9. The molecule has 35 heavy (non-hydrogen) atoms. The molecule has 1 amide bonds. The Morgan fingerprint density at radius 3 is 2.46 bits per heavy atom. The number of nitrogens with zero attached hydrogens (tertiary/aromatic N) is 3. The van der Waals surface area contributed by atoms with Gasteiger partial charge in [-0.1, -0.05) is 18.2 Å². The second-order valence-electron chi connectivity index (χ2n) is 8.93. The van der Waals surface area contributed by atoms with E-state index in [1.807, 2.05) is 24.3 Å². The summed E-state index contributed by atoms with van der Waals surface area (Å²) >= 11 is 0. The van der Waals surface area contributed by atoms with Gasteiger partial charge in [0.2, 0.25) is 0 Å². The lowest BCUT2D eigenvalue weighted by Crippen LogP contribution is -2.48. The molecule has 1 aliphatic rings. The molecule has 184 valence electrons. The van der Waals surface area contributed by atoms with Crippen LogP contribution in [0.1, 0.15) is 29.8 Å². The maximum Gasteiger partial charge on any atom is 0.252 e. The predicted octanol–water partition coefficient (Wildman–Crippen LogP) is 4.08. The average molecular weight is 475 g/mol. The number of hydrogen-bond donors (Lipinski definition) is 3. The van der Waals surface area contributed by atoms with Crippen molar-refractivity contribution < 1.29 is 9.53 Å². The second-order valence-corrected chi connectivity index (χ2v) is 8.93. The molecule has 0 aliphatic carbocycles. The Balaban J connectivity index is 1.44.